The van der Waals surface area contributed by atoms with Gasteiger partial charge in [-0.1, -0.05) is 18.2 Å². The lowest BCUT2D eigenvalue weighted by Crippen LogP contribution is -2.29. The first-order chi connectivity index (χ1) is 17.5. The monoisotopic (exact) mass is 488 g/mol. The van der Waals surface area contributed by atoms with Gasteiger partial charge < -0.3 is 15.4 Å². The summed E-state index contributed by atoms with van der Waals surface area (Å²) in [4.78, 5) is 33.5. The van der Waals surface area contributed by atoms with E-state index >= 15 is 0 Å². The van der Waals surface area contributed by atoms with E-state index in [2.05, 4.69) is 41.2 Å². The Morgan fingerprint density at radius 3 is 2.72 bits per heavy atom. The quantitative estimate of drug-likeness (QED) is 0.358. The average Bonchev–Trinajstić information content (AvgIpc) is 3.58. The number of halogens is 1. The summed E-state index contributed by atoms with van der Waals surface area (Å²) in [7, 11) is 1.37. The summed E-state index contributed by atoms with van der Waals surface area (Å²) in [6.07, 6.45) is 2.69. The first kappa shape index (κ1) is 23.0. The van der Waals surface area contributed by atoms with Crippen molar-refractivity contribution in [3.05, 3.63) is 82.7 Å². The van der Waals surface area contributed by atoms with Crippen molar-refractivity contribution in [3.63, 3.8) is 0 Å². The molecule has 11 nitrogen and oxygen atoms in total. The molecule has 2 amide bonds. The number of hydrogen-bond acceptors (Lipinski definition) is 8. The van der Waals surface area contributed by atoms with Gasteiger partial charge in [0.15, 0.2) is 11.6 Å². The number of H-pyrrole nitrogens is 1. The Kier molecular flexibility index (Phi) is 6.31. The van der Waals surface area contributed by atoms with Gasteiger partial charge in [-0.25, -0.2) is 14.4 Å². The van der Waals surface area contributed by atoms with Gasteiger partial charge in [-0.15, -0.1) is 10.2 Å². The fraction of sp³-hybridized carbons (Fsp3) is 0.208. The lowest BCUT2D eigenvalue weighted by molar-refractivity contribution is 0.0931. The smallest absolute Gasteiger partial charge is 0.270 e. The molecule has 0 saturated carbocycles. The van der Waals surface area contributed by atoms with Gasteiger partial charge >= 0.3 is 0 Å². The minimum absolute atomic E-state index is 0.0424. The van der Waals surface area contributed by atoms with Crippen molar-refractivity contribution in [1.82, 2.24) is 41.2 Å². The molecule has 0 bridgehead atoms. The molecule has 1 atom stereocenters. The third-order valence-electron chi connectivity index (χ3n) is 5.93. The van der Waals surface area contributed by atoms with Crippen LogP contribution in [0.5, 0.6) is 5.75 Å². The van der Waals surface area contributed by atoms with E-state index in [1.807, 2.05) is 18.2 Å². The molecule has 1 aliphatic carbocycles. The van der Waals surface area contributed by atoms with Gasteiger partial charge in [0.05, 0.1) is 13.2 Å². The van der Waals surface area contributed by atoms with E-state index in [4.69, 9.17) is 4.74 Å². The fourth-order valence-corrected chi connectivity index (χ4v) is 4.12. The van der Waals surface area contributed by atoms with E-state index in [1.165, 1.54) is 31.6 Å². The maximum Gasteiger partial charge on any atom is 0.270 e. The Balaban J connectivity index is 1.23. The molecule has 2 aromatic heterocycles. The molecule has 36 heavy (non-hydrogen) atoms. The summed E-state index contributed by atoms with van der Waals surface area (Å²) in [5, 5.41) is 19.7. The molecular formula is C24H21FN8O3. The predicted octanol–water partition coefficient (Wildman–Crippen LogP) is 2.15. The number of tetrazole rings is 1. The summed E-state index contributed by atoms with van der Waals surface area (Å²) < 4.78 is 18.5. The van der Waals surface area contributed by atoms with Crippen LogP contribution in [0.25, 0.3) is 11.4 Å². The first-order valence-electron chi connectivity index (χ1n) is 11.1. The van der Waals surface area contributed by atoms with Crippen LogP contribution < -0.4 is 15.4 Å². The number of methoxy groups -OCH3 is 1. The van der Waals surface area contributed by atoms with Crippen LogP contribution in [0.1, 0.15) is 50.1 Å². The Bertz CT molecular complexity index is 1430. The van der Waals surface area contributed by atoms with Crippen LogP contribution >= 0.6 is 0 Å². The van der Waals surface area contributed by atoms with Crippen LogP contribution in [0.4, 0.5) is 4.39 Å². The number of aromatic nitrogens is 6. The second kappa shape index (κ2) is 9.86. The Hall–Kier alpha value is -4.74. The number of carbonyl (C=O) groups excluding carboxylic acids is 2. The summed E-state index contributed by atoms with van der Waals surface area (Å²) in [5.74, 6) is -0.793. The zero-order valence-corrected chi connectivity index (χ0v) is 19.2. The minimum Gasteiger partial charge on any atom is -0.494 e. The van der Waals surface area contributed by atoms with Crippen LogP contribution in [-0.4, -0.2) is 49.5 Å². The van der Waals surface area contributed by atoms with Gasteiger partial charge in [0.1, 0.15) is 17.7 Å². The summed E-state index contributed by atoms with van der Waals surface area (Å²) >= 11 is 0. The van der Waals surface area contributed by atoms with E-state index < -0.39 is 17.6 Å². The molecule has 0 radical (unpaired) electrons. The number of ether oxygens (including phenoxy) is 1. The molecule has 3 N–H and O–H groups in total. The number of fused-ring (bicyclic) bond motifs is 1. The fourth-order valence-electron chi connectivity index (χ4n) is 4.12. The third kappa shape index (κ3) is 4.73. The number of nitrogens with zero attached hydrogens (tertiary/aromatic N) is 5. The molecule has 0 spiro atoms. The maximum absolute atomic E-state index is 13.6. The largest absolute Gasteiger partial charge is 0.494 e. The molecule has 0 unspecified atom stereocenters. The molecule has 0 aliphatic heterocycles. The number of benzene rings is 2. The van der Waals surface area contributed by atoms with E-state index in [9.17, 15) is 14.0 Å². The zero-order valence-electron chi connectivity index (χ0n) is 19.2. The van der Waals surface area contributed by atoms with Gasteiger partial charge in [0, 0.05) is 18.2 Å². The summed E-state index contributed by atoms with van der Waals surface area (Å²) in [6, 6.07) is 11.3. The minimum atomic E-state index is -0.491. The van der Waals surface area contributed by atoms with Gasteiger partial charge in [0.2, 0.25) is 5.82 Å². The Morgan fingerprint density at radius 2 is 1.94 bits per heavy atom. The molecule has 2 aromatic carbocycles. The standard InChI is InChI=1S/C24H21FN8O3/c1-36-21-8-13(2-6-17(21)25)11-26-23(34)19-10-20(28-12-27-19)24(35)29-18-7-4-14-9-15(3-5-16(14)18)22-30-32-33-31-22/h2-3,5-6,8-10,12,18H,4,7,11H2,1H3,(H,26,34)(H,29,35)(H,30,31,32,33)/t18-/m1/s1. The highest BCUT2D eigenvalue weighted by Gasteiger charge is 2.26. The molecule has 12 heteroatoms. The number of rotatable bonds is 7. The second-order valence-corrected chi connectivity index (χ2v) is 8.15. The number of hydrogen-bond donors (Lipinski definition) is 3. The molecule has 4 aromatic rings. The molecule has 182 valence electrons. The molecule has 0 saturated heterocycles. The average molecular weight is 488 g/mol. The van der Waals surface area contributed by atoms with E-state index in [-0.39, 0.29) is 29.7 Å². The number of nitrogens with one attached hydrogen (secondary N) is 3. The molecule has 1 aliphatic rings. The summed E-state index contributed by atoms with van der Waals surface area (Å²) in [5.41, 5.74) is 3.73. The van der Waals surface area contributed by atoms with E-state index in [1.54, 1.807) is 6.07 Å². The van der Waals surface area contributed by atoms with Crippen molar-refractivity contribution in [2.24, 2.45) is 0 Å². The van der Waals surface area contributed by atoms with Crippen molar-refractivity contribution < 1.29 is 18.7 Å². The SMILES string of the molecule is COc1cc(CNC(=O)c2cc(C(=O)N[C@@H]3CCc4cc(-c5nn[nH]n5)ccc43)ncn2)ccc1F. The highest BCUT2D eigenvalue weighted by Crippen LogP contribution is 2.33. The summed E-state index contributed by atoms with van der Waals surface area (Å²) in [6.45, 7) is 0.131. The highest BCUT2D eigenvalue weighted by molar-refractivity contribution is 5.97. The second-order valence-electron chi connectivity index (χ2n) is 8.15. The number of carbonyl (C=O) groups is 2. The molecule has 0 fully saturated rings. The third-order valence-corrected chi connectivity index (χ3v) is 5.93. The molecular weight excluding hydrogens is 467 g/mol. The maximum atomic E-state index is 13.6. The normalized spacial score (nSPS) is 14.2. The van der Waals surface area contributed by atoms with Crippen LogP contribution in [0.15, 0.2) is 48.8 Å². The molecule has 2 heterocycles. The number of amides is 2. The first-order valence-corrected chi connectivity index (χ1v) is 11.1. The van der Waals surface area contributed by atoms with E-state index in [0.717, 1.165) is 29.5 Å². The lowest BCUT2D eigenvalue weighted by Gasteiger charge is -2.14. The lowest BCUT2D eigenvalue weighted by atomic mass is 10.0. The van der Waals surface area contributed by atoms with Gasteiger partial charge in [-0.3, -0.25) is 9.59 Å². The van der Waals surface area contributed by atoms with Gasteiger partial charge in [-0.2, -0.15) is 5.21 Å². The Morgan fingerprint density at radius 1 is 1.11 bits per heavy atom. The van der Waals surface area contributed by atoms with Crippen LogP contribution in [0, 0.1) is 5.82 Å². The predicted molar refractivity (Wildman–Crippen MR) is 124 cm³/mol. The topological polar surface area (TPSA) is 148 Å². The zero-order chi connectivity index (χ0) is 25.1. The van der Waals surface area contributed by atoms with Crippen molar-refractivity contribution >= 4 is 11.8 Å². The molecule has 5 rings (SSSR count). The van der Waals surface area contributed by atoms with Crippen molar-refractivity contribution in [1.29, 1.82) is 0 Å². The Labute approximate surface area is 204 Å². The van der Waals surface area contributed by atoms with Crippen molar-refractivity contribution in [2.75, 3.05) is 7.11 Å². The van der Waals surface area contributed by atoms with Crippen molar-refractivity contribution in [3.8, 4) is 17.1 Å². The van der Waals surface area contributed by atoms with Crippen LogP contribution in [-0.2, 0) is 13.0 Å². The van der Waals surface area contributed by atoms with Crippen LogP contribution in [0.2, 0.25) is 0 Å². The number of aromatic amines is 1. The van der Waals surface area contributed by atoms with Gasteiger partial charge in [0.25, 0.3) is 11.8 Å². The highest BCUT2D eigenvalue weighted by atomic mass is 19.1. The van der Waals surface area contributed by atoms with Crippen molar-refractivity contribution in [2.45, 2.75) is 25.4 Å². The number of aryl methyl sites for hydroxylation is 1. The van der Waals surface area contributed by atoms with Crippen LogP contribution in [0.3, 0.4) is 0 Å². The van der Waals surface area contributed by atoms with E-state index in [0.29, 0.717) is 11.4 Å². The van der Waals surface area contributed by atoms with Gasteiger partial charge in [-0.05, 0) is 52.9 Å².